The van der Waals surface area contributed by atoms with Crippen molar-refractivity contribution in [2.75, 3.05) is 5.32 Å². The lowest BCUT2D eigenvalue weighted by atomic mass is 10.0. The minimum absolute atomic E-state index is 0.0201. The predicted octanol–water partition coefficient (Wildman–Crippen LogP) is 2.88. The van der Waals surface area contributed by atoms with Crippen molar-refractivity contribution in [2.24, 2.45) is 11.7 Å². The molecule has 1 aromatic carbocycles. The molecule has 1 saturated carbocycles. The van der Waals surface area contributed by atoms with Crippen LogP contribution in [0.1, 0.15) is 44.6 Å². The van der Waals surface area contributed by atoms with Crippen molar-refractivity contribution in [1.29, 1.82) is 0 Å². The molecular formula is C15H22N2O. The van der Waals surface area contributed by atoms with Crippen LogP contribution in [0.3, 0.4) is 0 Å². The molecule has 0 bridgehead atoms. The quantitative estimate of drug-likeness (QED) is 0.839. The van der Waals surface area contributed by atoms with Crippen molar-refractivity contribution in [1.82, 2.24) is 0 Å². The summed E-state index contributed by atoms with van der Waals surface area (Å²) in [5, 5.41) is 2.90. The van der Waals surface area contributed by atoms with E-state index in [1.165, 1.54) is 18.4 Å². The van der Waals surface area contributed by atoms with Gasteiger partial charge in [-0.15, -0.1) is 0 Å². The van der Waals surface area contributed by atoms with Gasteiger partial charge in [0.15, 0.2) is 0 Å². The Labute approximate surface area is 109 Å². The number of nitrogens with two attached hydrogens (primary N) is 1. The average Bonchev–Trinajstić information content (AvgIpc) is 3.13. The van der Waals surface area contributed by atoms with E-state index in [1.54, 1.807) is 0 Å². The summed E-state index contributed by atoms with van der Waals surface area (Å²) in [5.74, 6) is 1.10. The van der Waals surface area contributed by atoms with Crippen LogP contribution in [-0.4, -0.2) is 11.9 Å². The Bertz CT molecular complexity index is 407. The molecule has 1 fully saturated rings. The normalized spacial score (nSPS) is 16.7. The highest BCUT2D eigenvalue weighted by Gasteiger charge is 2.29. The van der Waals surface area contributed by atoms with Gasteiger partial charge >= 0.3 is 0 Å². The Balaban J connectivity index is 1.86. The molecule has 18 heavy (non-hydrogen) atoms. The first-order valence-corrected chi connectivity index (χ1v) is 6.71. The lowest BCUT2D eigenvalue weighted by Crippen LogP contribution is -2.28. The molecule has 3 nitrogen and oxygen atoms in total. The SMILES string of the molecule is CC(C)c1ccc(NC(=O)CC(N)C2CC2)cc1. The lowest BCUT2D eigenvalue weighted by Gasteiger charge is -2.11. The van der Waals surface area contributed by atoms with Crippen molar-refractivity contribution in [3.05, 3.63) is 29.8 Å². The first-order chi connectivity index (χ1) is 8.56. The smallest absolute Gasteiger partial charge is 0.225 e. The Hall–Kier alpha value is -1.35. The molecule has 0 spiro atoms. The van der Waals surface area contributed by atoms with Crippen LogP contribution >= 0.6 is 0 Å². The number of benzene rings is 1. The molecule has 1 amide bonds. The molecule has 0 aromatic heterocycles. The van der Waals surface area contributed by atoms with Crippen molar-refractivity contribution in [3.8, 4) is 0 Å². The molecule has 1 unspecified atom stereocenters. The van der Waals surface area contributed by atoms with Crippen LogP contribution in [0.4, 0.5) is 5.69 Å². The molecule has 0 radical (unpaired) electrons. The lowest BCUT2D eigenvalue weighted by molar-refractivity contribution is -0.116. The fourth-order valence-corrected chi connectivity index (χ4v) is 2.07. The number of hydrogen-bond donors (Lipinski definition) is 2. The summed E-state index contributed by atoms with van der Waals surface area (Å²) in [6.45, 7) is 4.31. The Morgan fingerprint density at radius 3 is 2.44 bits per heavy atom. The molecule has 1 aliphatic carbocycles. The van der Waals surface area contributed by atoms with E-state index in [9.17, 15) is 4.79 Å². The number of carbonyl (C=O) groups excluding carboxylic acids is 1. The van der Waals surface area contributed by atoms with Crippen LogP contribution in [0.2, 0.25) is 0 Å². The average molecular weight is 246 g/mol. The molecule has 3 heteroatoms. The maximum atomic E-state index is 11.8. The van der Waals surface area contributed by atoms with E-state index >= 15 is 0 Å². The third-order valence-corrected chi connectivity index (χ3v) is 3.51. The van der Waals surface area contributed by atoms with Crippen LogP contribution in [0.25, 0.3) is 0 Å². The highest BCUT2D eigenvalue weighted by molar-refractivity contribution is 5.91. The summed E-state index contributed by atoms with van der Waals surface area (Å²) in [4.78, 5) is 11.8. The van der Waals surface area contributed by atoms with Gasteiger partial charge in [0.25, 0.3) is 0 Å². The van der Waals surface area contributed by atoms with E-state index in [-0.39, 0.29) is 11.9 Å². The third kappa shape index (κ3) is 3.57. The van der Waals surface area contributed by atoms with Crippen molar-refractivity contribution in [3.63, 3.8) is 0 Å². The largest absolute Gasteiger partial charge is 0.327 e. The third-order valence-electron chi connectivity index (χ3n) is 3.51. The molecule has 1 aliphatic rings. The first kappa shape index (κ1) is 13.1. The van der Waals surface area contributed by atoms with E-state index in [0.29, 0.717) is 18.3 Å². The van der Waals surface area contributed by atoms with Gasteiger partial charge in [-0.1, -0.05) is 26.0 Å². The molecule has 98 valence electrons. The molecule has 1 atom stereocenters. The highest BCUT2D eigenvalue weighted by atomic mass is 16.1. The van der Waals surface area contributed by atoms with Gasteiger partial charge in [-0.3, -0.25) is 4.79 Å². The maximum absolute atomic E-state index is 11.8. The monoisotopic (exact) mass is 246 g/mol. The summed E-state index contributed by atoms with van der Waals surface area (Å²) >= 11 is 0. The summed E-state index contributed by atoms with van der Waals surface area (Å²) < 4.78 is 0. The maximum Gasteiger partial charge on any atom is 0.225 e. The molecule has 0 heterocycles. The van der Waals surface area contributed by atoms with E-state index in [1.807, 2.05) is 12.1 Å². The second kappa shape index (κ2) is 5.53. The topological polar surface area (TPSA) is 55.1 Å². The number of anilines is 1. The molecule has 0 aliphatic heterocycles. The fourth-order valence-electron chi connectivity index (χ4n) is 2.07. The summed E-state index contributed by atoms with van der Waals surface area (Å²) in [7, 11) is 0. The van der Waals surface area contributed by atoms with Gasteiger partial charge < -0.3 is 11.1 Å². The number of nitrogens with one attached hydrogen (secondary N) is 1. The van der Waals surface area contributed by atoms with Gasteiger partial charge in [-0.25, -0.2) is 0 Å². The van der Waals surface area contributed by atoms with Crippen LogP contribution < -0.4 is 11.1 Å². The van der Waals surface area contributed by atoms with Gasteiger partial charge in [0.2, 0.25) is 5.91 Å². The molecule has 0 saturated heterocycles. The van der Waals surface area contributed by atoms with Crippen LogP contribution in [-0.2, 0) is 4.79 Å². The van der Waals surface area contributed by atoms with E-state index in [0.717, 1.165) is 5.69 Å². The Kier molecular flexibility index (Phi) is 4.02. The zero-order valence-electron chi connectivity index (χ0n) is 11.1. The van der Waals surface area contributed by atoms with Crippen molar-refractivity contribution in [2.45, 2.75) is 45.1 Å². The van der Waals surface area contributed by atoms with Gasteiger partial charge in [0.1, 0.15) is 0 Å². The Morgan fingerprint density at radius 1 is 1.33 bits per heavy atom. The summed E-state index contributed by atoms with van der Waals surface area (Å²) in [6, 6.07) is 8.05. The van der Waals surface area contributed by atoms with Gasteiger partial charge in [-0.2, -0.15) is 0 Å². The summed E-state index contributed by atoms with van der Waals surface area (Å²) in [6.07, 6.45) is 2.78. The minimum Gasteiger partial charge on any atom is -0.327 e. The summed E-state index contributed by atoms with van der Waals surface area (Å²) in [5.41, 5.74) is 8.07. The second-order valence-electron chi connectivity index (χ2n) is 5.53. The van der Waals surface area contributed by atoms with Gasteiger partial charge in [-0.05, 0) is 42.4 Å². The standard InChI is InChI=1S/C15H22N2O/c1-10(2)11-5-7-13(8-6-11)17-15(18)9-14(16)12-3-4-12/h5-8,10,12,14H,3-4,9,16H2,1-2H3,(H,17,18). The predicted molar refractivity (Wildman–Crippen MR) is 74.5 cm³/mol. The zero-order valence-corrected chi connectivity index (χ0v) is 11.1. The minimum atomic E-state index is 0.0201. The number of rotatable bonds is 5. The fraction of sp³-hybridized carbons (Fsp3) is 0.533. The number of hydrogen-bond acceptors (Lipinski definition) is 2. The van der Waals surface area contributed by atoms with Crippen LogP contribution in [0.15, 0.2) is 24.3 Å². The van der Waals surface area contributed by atoms with E-state index in [2.05, 4.69) is 31.3 Å². The molecular weight excluding hydrogens is 224 g/mol. The number of carbonyl (C=O) groups is 1. The van der Waals surface area contributed by atoms with E-state index < -0.39 is 0 Å². The van der Waals surface area contributed by atoms with Crippen LogP contribution in [0.5, 0.6) is 0 Å². The highest BCUT2D eigenvalue weighted by Crippen LogP contribution is 2.32. The molecule has 1 aromatic rings. The van der Waals surface area contributed by atoms with Gasteiger partial charge in [0, 0.05) is 18.2 Å². The molecule has 3 N–H and O–H groups in total. The van der Waals surface area contributed by atoms with Crippen molar-refractivity contribution >= 4 is 11.6 Å². The zero-order chi connectivity index (χ0) is 13.1. The second-order valence-corrected chi connectivity index (χ2v) is 5.53. The Morgan fingerprint density at radius 2 is 1.94 bits per heavy atom. The van der Waals surface area contributed by atoms with Crippen LogP contribution in [0, 0.1) is 5.92 Å². The first-order valence-electron chi connectivity index (χ1n) is 6.71. The van der Waals surface area contributed by atoms with E-state index in [4.69, 9.17) is 5.73 Å². The van der Waals surface area contributed by atoms with Gasteiger partial charge in [0.05, 0.1) is 0 Å². The molecule has 2 rings (SSSR count). The van der Waals surface area contributed by atoms with Crippen molar-refractivity contribution < 1.29 is 4.79 Å². The number of amides is 1.